The molecule has 2 aromatic carbocycles. The van der Waals surface area contributed by atoms with Gasteiger partial charge in [-0.15, -0.1) is 0 Å². The number of carbonyl (C=O) groups is 1. The Balaban J connectivity index is 1.80. The molecule has 0 bridgehead atoms. The number of thioether (sulfide) groups is 1. The van der Waals surface area contributed by atoms with E-state index in [1.807, 2.05) is 24.3 Å². The van der Waals surface area contributed by atoms with Crippen LogP contribution in [0.5, 0.6) is 5.75 Å². The minimum Gasteiger partial charge on any atom is -0.488 e. The van der Waals surface area contributed by atoms with Crippen LogP contribution in [0.3, 0.4) is 0 Å². The summed E-state index contributed by atoms with van der Waals surface area (Å²) in [6.07, 6.45) is 1.74. The maximum Gasteiger partial charge on any atom is 0.263 e. The van der Waals surface area contributed by atoms with E-state index in [2.05, 4.69) is 5.32 Å². The van der Waals surface area contributed by atoms with Gasteiger partial charge in [0.15, 0.2) is 0 Å². The van der Waals surface area contributed by atoms with Gasteiger partial charge in [0.2, 0.25) is 0 Å². The summed E-state index contributed by atoms with van der Waals surface area (Å²) in [5.74, 6) is 0.115. The van der Waals surface area contributed by atoms with Crippen LogP contribution >= 0.6 is 24.0 Å². The average Bonchev–Trinajstić information content (AvgIpc) is 2.84. The molecule has 1 aliphatic rings. The first-order chi connectivity index (χ1) is 11.1. The van der Waals surface area contributed by atoms with E-state index < -0.39 is 0 Å². The third-order valence-corrected chi connectivity index (χ3v) is 4.29. The number of hydrogen-bond donors (Lipinski definition) is 1. The van der Waals surface area contributed by atoms with Crippen molar-refractivity contribution in [3.05, 3.63) is 70.4 Å². The molecule has 1 N–H and O–H groups in total. The fraction of sp³-hybridized carbons (Fsp3) is 0.0588. The van der Waals surface area contributed by atoms with Crippen LogP contribution in [0.1, 0.15) is 11.1 Å². The number of nitrogens with one attached hydrogen (secondary N) is 1. The first-order valence-corrected chi connectivity index (χ1v) is 8.05. The normalized spacial score (nSPS) is 15.8. The third-order valence-electron chi connectivity index (χ3n) is 3.13. The monoisotopic (exact) mass is 345 g/mol. The average molecular weight is 345 g/mol. The Kier molecular flexibility index (Phi) is 4.73. The smallest absolute Gasteiger partial charge is 0.263 e. The highest BCUT2D eigenvalue weighted by Gasteiger charge is 2.22. The van der Waals surface area contributed by atoms with Crippen LogP contribution in [-0.4, -0.2) is 10.2 Å². The molecule has 1 heterocycles. The molecule has 0 spiro atoms. The van der Waals surface area contributed by atoms with E-state index in [4.69, 9.17) is 17.0 Å². The molecule has 1 amide bonds. The lowest BCUT2D eigenvalue weighted by molar-refractivity contribution is -0.115. The molecule has 0 unspecified atom stereocenters. The molecule has 6 heteroatoms. The van der Waals surface area contributed by atoms with Crippen LogP contribution < -0.4 is 10.1 Å². The molecule has 1 aliphatic heterocycles. The molecular weight excluding hydrogens is 333 g/mol. The van der Waals surface area contributed by atoms with Crippen molar-refractivity contribution in [3.63, 3.8) is 0 Å². The Bertz CT molecular complexity index is 805. The van der Waals surface area contributed by atoms with Gasteiger partial charge in [-0.05, 0) is 29.8 Å². The second-order valence-corrected chi connectivity index (χ2v) is 6.53. The number of ether oxygens (including phenoxy) is 1. The van der Waals surface area contributed by atoms with Crippen molar-refractivity contribution in [2.24, 2.45) is 0 Å². The Hall–Kier alpha value is -2.18. The lowest BCUT2D eigenvalue weighted by Crippen LogP contribution is -2.17. The maximum absolute atomic E-state index is 13.2. The van der Waals surface area contributed by atoms with Crippen LogP contribution in [0.4, 0.5) is 4.39 Å². The predicted molar refractivity (Wildman–Crippen MR) is 93.5 cm³/mol. The number of rotatable bonds is 4. The van der Waals surface area contributed by atoms with Crippen LogP contribution in [0.2, 0.25) is 0 Å². The van der Waals surface area contributed by atoms with Crippen LogP contribution in [0.15, 0.2) is 53.4 Å². The number of thiocarbonyl (C=S) groups is 1. The van der Waals surface area contributed by atoms with Crippen LogP contribution in [-0.2, 0) is 11.4 Å². The fourth-order valence-electron chi connectivity index (χ4n) is 2.08. The van der Waals surface area contributed by atoms with Gasteiger partial charge in [-0.1, -0.05) is 54.3 Å². The summed E-state index contributed by atoms with van der Waals surface area (Å²) >= 11 is 6.19. The summed E-state index contributed by atoms with van der Waals surface area (Å²) in [6, 6.07) is 13.6. The van der Waals surface area contributed by atoms with Crippen molar-refractivity contribution < 1.29 is 13.9 Å². The second kappa shape index (κ2) is 6.93. The molecule has 0 radical (unpaired) electrons. The summed E-state index contributed by atoms with van der Waals surface area (Å²) in [5.41, 5.74) is 1.51. The van der Waals surface area contributed by atoms with Gasteiger partial charge < -0.3 is 10.1 Å². The number of halogens is 1. The zero-order valence-electron chi connectivity index (χ0n) is 11.9. The van der Waals surface area contributed by atoms with Gasteiger partial charge in [-0.25, -0.2) is 4.39 Å². The van der Waals surface area contributed by atoms with E-state index in [0.29, 0.717) is 15.0 Å². The number of para-hydroxylation sites is 1. The fourth-order valence-corrected chi connectivity index (χ4v) is 3.12. The van der Waals surface area contributed by atoms with Crippen molar-refractivity contribution in [2.45, 2.75) is 6.61 Å². The molecular formula is C17H12FNO2S2. The molecule has 1 saturated heterocycles. The van der Waals surface area contributed by atoms with Gasteiger partial charge in [0.1, 0.15) is 22.5 Å². The number of benzene rings is 2. The third kappa shape index (κ3) is 3.97. The molecule has 0 aromatic heterocycles. The molecule has 0 aliphatic carbocycles. The van der Waals surface area contributed by atoms with Crippen molar-refractivity contribution in [1.29, 1.82) is 0 Å². The SMILES string of the molecule is O=C1NC(=S)S/C1=C\c1ccccc1OCc1cccc(F)c1. The molecule has 0 saturated carbocycles. The zero-order valence-corrected chi connectivity index (χ0v) is 13.5. The van der Waals surface area contributed by atoms with Gasteiger partial charge in [0.25, 0.3) is 5.91 Å². The van der Waals surface area contributed by atoms with Crippen molar-refractivity contribution in [3.8, 4) is 5.75 Å². The first-order valence-electron chi connectivity index (χ1n) is 6.83. The van der Waals surface area contributed by atoms with E-state index in [1.165, 1.54) is 23.9 Å². The molecule has 116 valence electrons. The number of amides is 1. The first kappa shape index (κ1) is 15.7. The van der Waals surface area contributed by atoms with Crippen molar-refractivity contribution in [1.82, 2.24) is 5.32 Å². The quantitative estimate of drug-likeness (QED) is 0.674. The lowest BCUT2D eigenvalue weighted by Gasteiger charge is -2.09. The number of carbonyl (C=O) groups excluding carboxylic acids is 1. The van der Waals surface area contributed by atoms with Crippen LogP contribution in [0, 0.1) is 5.82 Å². The van der Waals surface area contributed by atoms with Crippen molar-refractivity contribution >= 4 is 40.3 Å². The van der Waals surface area contributed by atoms with E-state index in [9.17, 15) is 9.18 Å². The second-order valence-electron chi connectivity index (χ2n) is 4.81. The Morgan fingerprint density at radius 1 is 1.22 bits per heavy atom. The van der Waals surface area contributed by atoms with Gasteiger partial charge in [-0.3, -0.25) is 4.79 Å². The maximum atomic E-state index is 13.2. The number of hydrogen-bond acceptors (Lipinski definition) is 4. The molecule has 3 rings (SSSR count). The van der Waals surface area contributed by atoms with Gasteiger partial charge in [0, 0.05) is 5.56 Å². The molecule has 2 aromatic rings. The molecule has 23 heavy (non-hydrogen) atoms. The van der Waals surface area contributed by atoms with E-state index in [1.54, 1.807) is 18.2 Å². The van der Waals surface area contributed by atoms with E-state index >= 15 is 0 Å². The van der Waals surface area contributed by atoms with E-state index in [-0.39, 0.29) is 18.3 Å². The summed E-state index contributed by atoms with van der Waals surface area (Å²) in [7, 11) is 0. The molecule has 1 fully saturated rings. The lowest BCUT2D eigenvalue weighted by atomic mass is 10.2. The Morgan fingerprint density at radius 2 is 2.04 bits per heavy atom. The Morgan fingerprint density at radius 3 is 2.78 bits per heavy atom. The zero-order chi connectivity index (χ0) is 16.2. The highest BCUT2D eigenvalue weighted by molar-refractivity contribution is 8.26. The molecule has 0 atom stereocenters. The minimum absolute atomic E-state index is 0.208. The topological polar surface area (TPSA) is 38.3 Å². The summed E-state index contributed by atoms with van der Waals surface area (Å²) in [5, 5.41) is 2.58. The minimum atomic E-state index is -0.297. The summed E-state index contributed by atoms with van der Waals surface area (Å²) < 4.78 is 19.4. The van der Waals surface area contributed by atoms with E-state index in [0.717, 1.165) is 11.1 Å². The summed E-state index contributed by atoms with van der Waals surface area (Å²) in [6.45, 7) is 0.246. The highest BCUT2D eigenvalue weighted by Crippen LogP contribution is 2.29. The largest absolute Gasteiger partial charge is 0.488 e. The van der Waals surface area contributed by atoms with Crippen molar-refractivity contribution in [2.75, 3.05) is 0 Å². The van der Waals surface area contributed by atoms with Gasteiger partial charge >= 0.3 is 0 Å². The predicted octanol–water partition coefficient (Wildman–Crippen LogP) is 3.89. The van der Waals surface area contributed by atoms with Crippen LogP contribution in [0.25, 0.3) is 6.08 Å². The standard InChI is InChI=1S/C17H12FNO2S2/c18-13-6-3-4-11(8-13)10-21-14-7-2-1-5-12(14)9-15-16(20)19-17(22)23-15/h1-9H,10H2,(H,19,20,22)/b15-9-. The van der Waals surface area contributed by atoms with Gasteiger partial charge in [-0.2, -0.15) is 0 Å². The molecule has 3 nitrogen and oxygen atoms in total. The highest BCUT2D eigenvalue weighted by atomic mass is 32.2. The summed E-state index contributed by atoms with van der Waals surface area (Å²) in [4.78, 5) is 12.3. The van der Waals surface area contributed by atoms with Gasteiger partial charge in [0.05, 0.1) is 4.91 Å². The Labute approximate surface area is 142 Å².